The number of benzene rings is 1. The Morgan fingerprint density at radius 3 is 2.95 bits per heavy atom. The Kier molecular flexibility index (Phi) is 4.56. The number of nitrogens with one attached hydrogen (secondary N) is 1. The topological polar surface area (TPSA) is 102 Å². The molecule has 0 bridgehead atoms. The molecule has 8 heteroatoms. The average Bonchev–Trinajstić information content (AvgIpc) is 2.83. The Balaban J connectivity index is 1.98. The smallest absolute Gasteiger partial charge is 0.404 e. The van der Waals surface area contributed by atoms with Crippen molar-refractivity contribution in [3.05, 3.63) is 34.1 Å². The van der Waals surface area contributed by atoms with Crippen LogP contribution in [0.4, 0.5) is 14.9 Å². The summed E-state index contributed by atoms with van der Waals surface area (Å²) in [5.74, 6) is -0.562. The zero-order valence-electron chi connectivity index (χ0n) is 11.1. The molecule has 2 rings (SSSR count). The minimum absolute atomic E-state index is 0.0863. The number of hydrogen-bond donors (Lipinski definition) is 2. The van der Waals surface area contributed by atoms with E-state index in [0.717, 1.165) is 24.6 Å². The lowest BCUT2D eigenvalue weighted by Crippen LogP contribution is -2.27. The summed E-state index contributed by atoms with van der Waals surface area (Å²) in [6, 6.07) is 3.09. The maximum atomic E-state index is 13.2. The van der Waals surface area contributed by atoms with Crippen molar-refractivity contribution < 1.29 is 24.0 Å². The molecule has 1 fully saturated rings. The van der Waals surface area contributed by atoms with Crippen LogP contribution in [0.15, 0.2) is 18.2 Å². The fourth-order valence-corrected chi connectivity index (χ4v) is 2.47. The molecule has 0 spiro atoms. The molecule has 1 aromatic rings. The van der Waals surface area contributed by atoms with Gasteiger partial charge in [-0.15, -0.1) is 0 Å². The van der Waals surface area contributed by atoms with E-state index in [-0.39, 0.29) is 23.5 Å². The lowest BCUT2D eigenvalue weighted by Gasteiger charge is -2.14. The van der Waals surface area contributed by atoms with Gasteiger partial charge in [0.05, 0.1) is 11.0 Å². The molecule has 1 aromatic carbocycles. The molecular formula is C13H15FN2O5. The lowest BCUT2D eigenvalue weighted by atomic mass is 10.1. The predicted octanol–water partition coefficient (Wildman–Crippen LogP) is 2.55. The summed E-state index contributed by atoms with van der Waals surface area (Å²) in [5.41, 5.74) is -0.275. The van der Waals surface area contributed by atoms with Gasteiger partial charge in [-0.05, 0) is 31.2 Å². The summed E-state index contributed by atoms with van der Waals surface area (Å²) < 4.78 is 18.7. The molecule has 1 aliphatic rings. The van der Waals surface area contributed by atoms with E-state index < -0.39 is 16.8 Å². The van der Waals surface area contributed by atoms with E-state index in [2.05, 4.69) is 5.32 Å². The molecule has 0 saturated heterocycles. The number of nitro benzene ring substituents is 1. The summed E-state index contributed by atoms with van der Waals surface area (Å²) in [7, 11) is 0. The van der Waals surface area contributed by atoms with E-state index in [1.54, 1.807) is 0 Å². The normalized spacial score (nSPS) is 21.0. The Morgan fingerprint density at radius 1 is 1.52 bits per heavy atom. The highest BCUT2D eigenvalue weighted by Gasteiger charge is 2.28. The van der Waals surface area contributed by atoms with Crippen molar-refractivity contribution in [1.82, 2.24) is 5.32 Å². The first kappa shape index (κ1) is 15.0. The van der Waals surface area contributed by atoms with Gasteiger partial charge in [-0.2, -0.15) is 0 Å². The van der Waals surface area contributed by atoms with Gasteiger partial charge in [0.2, 0.25) is 0 Å². The minimum atomic E-state index is -1.08. The van der Waals surface area contributed by atoms with Crippen LogP contribution in [0, 0.1) is 21.8 Å². The van der Waals surface area contributed by atoms with Gasteiger partial charge < -0.3 is 15.2 Å². The van der Waals surface area contributed by atoms with Crippen LogP contribution in [0.3, 0.4) is 0 Å². The number of ether oxygens (including phenoxy) is 1. The van der Waals surface area contributed by atoms with Crippen LogP contribution < -0.4 is 10.1 Å². The molecule has 0 aliphatic heterocycles. The first-order chi connectivity index (χ1) is 9.95. The molecule has 2 N–H and O–H groups in total. The molecule has 0 radical (unpaired) electrons. The SMILES string of the molecule is O=C(O)NC[C@H]1CC[C@H](Oc2cc(F)ccc2[N+](=O)[O-])C1. The van der Waals surface area contributed by atoms with Crippen molar-refractivity contribution in [2.24, 2.45) is 5.92 Å². The molecular weight excluding hydrogens is 283 g/mol. The van der Waals surface area contributed by atoms with Crippen molar-refractivity contribution in [3.8, 4) is 5.75 Å². The van der Waals surface area contributed by atoms with Gasteiger partial charge in [-0.3, -0.25) is 10.1 Å². The molecule has 0 unspecified atom stereocenters. The largest absolute Gasteiger partial charge is 0.483 e. The second-order valence-electron chi connectivity index (χ2n) is 4.97. The molecule has 2 atom stereocenters. The summed E-state index contributed by atoms with van der Waals surface area (Å²) in [5, 5.41) is 21.7. The van der Waals surface area contributed by atoms with Crippen LogP contribution in [-0.4, -0.2) is 28.8 Å². The maximum absolute atomic E-state index is 13.2. The zero-order valence-corrected chi connectivity index (χ0v) is 11.1. The number of carbonyl (C=O) groups is 1. The molecule has 7 nitrogen and oxygen atoms in total. The maximum Gasteiger partial charge on any atom is 0.404 e. The Morgan fingerprint density at radius 2 is 2.29 bits per heavy atom. The van der Waals surface area contributed by atoms with Gasteiger partial charge in [-0.25, -0.2) is 9.18 Å². The highest BCUT2D eigenvalue weighted by Crippen LogP contribution is 2.33. The second-order valence-corrected chi connectivity index (χ2v) is 4.97. The molecule has 0 aromatic heterocycles. The third-order valence-electron chi connectivity index (χ3n) is 3.45. The highest BCUT2D eigenvalue weighted by molar-refractivity contribution is 5.64. The molecule has 0 heterocycles. The monoisotopic (exact) mass is 298 g/mol. The first-order valence-electron chi connectivity index (χ1n) is 6.53. The van der Waals surface area contributed by atoms with Gasteiger partial charge in [0.15, 0.2) is 5.75 Å². The Labute approximate surface area is 119 Å². The number of amides is 1. The summed E-state index contributed by atoms with van der Waals surface area (Å²) in [6.07, 6.45) is 0.632. The molecule has 21 heavy (non-hydrogen) atoms. The number of carboxylic acid groups (broad SMARTS) is 1. The van der Waals surface area contributed by atoms with Crippen LogP contribution >= 0.6 is 0 Å². The van der Waals surface area contributed by atoms with E-state index in [4.69, 9.17) is 9.84 Å². The second kappa shape index (κ2) is 6.38. The summed E-state index contributed by atoms with van der Waals surface area (Å²) in [4.78, 5) is 20.7. The number of nitro groups is 1. The fraction of sp³-hybridized carbons (Fsp3) is 0.462. The molecule has 1 aliphatic carbocycles. The third kappa shape index (κ3) is 4.04. The number of nitrogens with zero attached hydrogens (tertiary/aromatic N) is 1. The van der Waals surface area contributed by atoms with Crippen LogP contribution in [0.25, 0.3) is 0 Å². The Hall–Kier alpha value is -2.38. The van der Waals surface area contributed by atoms with E-state index in [9.17, 15) is 19.3 Å². The van der Waals surface area contributed by atoms with Crippen molar-refractivity contribution in [3.63, 3.8) is 0 Å². The van der Waals surface area contributed by atoms with Crippen LogP contribution in [0.2, 0.25) is 0 Å². The van der Waals surface area contributed by atoms with Crippen LogP contribution in [0.5, 0.6) is 5.75 Å². The average molecular weight is 298 g/mol. The van der Waals surface area contributed by atoms with Crippen molar-refractivity contribution >= 4 is 11.8 Å². The Bertz CT molecular complexity index is 551. The van der Waals surface area contributed by atoms with Gasteiger partial charge in [0, 0.05) is 18.7 Å². The number of rotatable bonds is 5. The lowest BCUT2D eigenvalue weighted by molar-refractivity contribution is -0.386. The zero-order chi connectivity index (χ0) is 15.4. The van der Waals surface area contributed by atoms with Gasteiger partial charge in [-0.1, -0.05) is 0 Å². The van der Waals surface area contributed by atoms with E-state index >= 15 is 0 Å². The predicted molar refractivity (Wildman–Crippen MR) is 70.8 cm³/mol. The first-order valence-corrected chi connectivity index (χ1v) is 6.53. The van der Waals surface area contributed by atoms with Crippen molar-refractivity contribution in [2.75, 3.05) is 6.54 Å². The molecule has 114 valence electrons. The summed E-state index contributed by atoms with van der Waals surface area (Å²) >= 11 is 0. The van der Waals surface area contributed by atoms with Gasteiger partial charge in [0.1, 0.15) is 5.82 Å². The van der Waals surface area contributed by atoms with E-state index in [0.29, 0.717) is 19.4 Å². The van der Waals surface area contributed by atoms with Gasteiger partial charge >= 0.3 is 11.8 Å². The van der Waals surface area contributed by atoms with Crippen LogP contribution in [0.1, 0.15) is 19.3 Å². The van der Waals surface area contributed by atoms with Crippen molar-refractivity contribution in [1.29, 1.82) is 0 Å². The van der Waals surface area contributed by atoms with E-state index in [1.807, 2.05) is 0 Å². The number of halogens is 1. The standard InChI is InChI=1S/C13H15FN2O5/c14-9-2-4-11(16(19)20)12(6-9)21-10-3-1-8(5-10)7-15-13(17)18/h2,4,6,8,10,15H,1,3,5,7H2,(H,17,18)/t8-,10-/m0/s1. The highest BCUT2D eigenvalue weighted by atomic mass is 19.1. The number of hydrogen-bond acceptors (Lipinski definition) is 4. The van der Waals surface area contributed by atoms with Gasteiger partial charge in [0.25, 0.3) is 0 Å². The third-order valence-corrected chi connectivity index (χ3v) is 3.45. The molecule has 1 amide bonds. The molecule has 1 saturated carbocycles. The fourth-order valence-electron chi connectivity index (χ4n) is 2.47. The minimum Gasteiger partial charge on any atom is -0.483 e. The van der Waals surface area contributed by atoms with Crippen LogP contribution in [-0.2, 0) is 0 Å². The van der Waals surface area contributed by atoms with Crippen molar-refractivity contribution in [2.45, 2.75) is 25.4 Å². The quantitative estimate of drug-likeness (QED) is 0.642. The van der Waals surface area contributed by atoms with E-state index in [1.165, 1.54) is 0 Å². The summed E-state index contributed by atoms with van der Waals surface area (Å²) in [6.45, 7) is 0.320.